The molecule has 5 aromatic rings. The number of nitrogens with one attached hydrogen (secondary N) is 1. The van der Waals surface area contributed by atoms with Gasteiger partial charge in [-0.2, -0.15) is 18.3 Å². The normalized spacial score (nSPS) is 11.7. The highest BCUT2D eigenvalue weighted by atomic mass is 19.4. The fourth-order valence-corrected chi connectivity index (χ4v) is 5.23. The lowest BCUT2D eigenvalue weighted by Crippen LogP contribution is -2.10. The molecule has 2 heterocycles. The van der Waals surface area contributed by atoms with Crippen LogP contribution in [0.1, 0.15) is 69.2 Å². The minimum atomic E-state index is -4.49. The monoisotopic (exact) mass is 570 g/mol. The summed E-state index contributed by atoms with van der Waals surface area (Å²) in [7, 11) is 0. The molecule has 0 aliphatic rings. The Bertz CT molecular complexity index is 1530. The van der Waals surface area contributed by atoms with Crippen LogP contribution < -0.4 is 4.90 Å². The number of hydrogen-bond acceptors (Lipinski definition) is 3. The molecule has 42 heavy (non-hydrogen) atoms. The number of pyridine rings is 1. The molecule has 0 bridgehead atoms. The van der Waals surface area contributed by atoms with Crippen molar-refractivity contribution < 1.29 is 13.2 Å². The molecular formula is C35H37F3N4. The zero-order valence-electron chi connectivity index (χ0n) is 24.2. The van der Waals surface area contributed by atoms with E-state index < -0.39 is 11.9 Å². The number of unbranched alkanes of at least 4 members (excludes halogenated alkanes) is 4. The number of H-pyrrole nitrogens is 1. The van der Waals surface area contributed by atoms with Crippen molar-refractivity contribution >= 4 is 27.8 Å². The number of benzene rings is 3. The van der Waals surface area contributed by atoms with Gasteiger partial charge in [0.2, 0.25) is 0 Å². The van der Waals surface area contributed by atoms with Crippen molar-refractivity contribution in [2.75, 3.05) is 4.90 Å². The van der Waals surface area contributed by atoms with Gasteiger partial charge in [0.15, 0.2) is 0 Å². The van der Waals surface area contributed by atoms with E-state index in [9.17, 15) is 13.2 Å². The van der Waals surface area contributed by atoms with E-state index in [-0.39, 0.29) is 5.69 Å². The molecule has 0 unspecified atom stereocenters. The summed E-state index contributed by atoms with van der Waals surface area (Å²) in [6, 6.07) is 26.4. The molecule has 0 radical (unpaired) electrons. The first-order valence-electron chi connectivity index (χ1n) is 14.9. The quantitative estimate of drug-likeness (QED) is 0.152. The van der Waals surface area contributed by atoms with Gasteiger partial charge in [-0.25, -0.2) is 0 Å². The minimum Gasteiger partial charge on any atom is -0.310 e. The standard InChI is InChI=1S/C35H37F3N4/c1-3-5-7-9-25-11-16-29(17-12-25)42(30-18-13-26(14-19-30)10-8-6-4-2)31-20-15-27-24-39-32(22-28(27)21-31)33-23-34(41-40-33)35(36,37)38/h11-24H,3-10H2,1-2H3,(H,40,41). The number of rotatable bonds is 12. The molecule has 4 nitrogen and oxygen atoms in total. The highest BCUT2D eigenvalue weighted by Gasteiger charge is 2.33. The molecule has 2 aromatic heterocycles. The van der Waals surface area contributed by atoms with Crippen LogP contribution in [0, 0.1) is 0 Å². The summed E-state index contributed by atoms with van der Waals surface area (Å²) < 4.78 is 39.4. The van der Waals surface area contributed by atoms with Crippen molar-refractivity contribution in [2.24, 2.45) is 0 Å². The van der Waals surface area contributed by atoms with Crippen molar-refractivity contribution in [3.05, 3.63) is 102 Å². The van der Waals surface area contributed by atoms with E-state index in [1.54, 1.807) is 12.3 Å². The molecule has 7 heteroatoms. The number of aromatic amines is 1. The second-order valence-corrected chi connectivity index (χ2v) is 10.8. The van der Waals surface area contributed by atoms with Crippen LogP contribution in [0.4, 0.5) is 30.2 Å². The van der Waals surface area contributed by atoms with Gasteiger partial charge < -0.3 is 4.90 Å². The number of anilines is 3. The zero-order valence-corrected chi connectivity index (χ0v) is 24.2. The maximum atomic E-state index is 13.1. The van der Waals surface area contributed by atoms with Gasteiger partial charge in [-0.15, -0.1) is 0 Å². The second kappa shape index (κ2) is 13.2. The fourth-order valence-electron chi connectivity index (χ4n) is 5.23. The van der Waals surface area contributed by atoms with Gasteiger partial charge in [-0.3, -0.25) is 10.1 Å². The van der Waals surface area contributed by atoms with E-state index >= 15 is 0 Å². The zero-order chi connectivity index (χ0) is 29.5. The molecule has 5 rings (SSSR count). The van der Waals surface area contributed by atoms with Gasteiger partial charge in [0.25, 0.3) is 0 Å². The number of alkyl halides is 3. The lowest BCUT2D eigenvalue weighted by molar-refractivity contribution is -0.141. The molecule has 1 N–H and O–H groups in total. The summed E-state index contributed by atoms with van der Waals surface area (Å²) >= 11 is 0. The first-order valence-corrected chi connectivity index (χ1v) is 14.9. The van der Waals surface area contributed by atoms with Crippen LogP contribution >= 0.6 is 0 Å². The second-order valence-electron chi connectivity index (χ2n) is 10.8. The Hall–Kier alpha value is -4.13. The third-order valence-electron chi connectivity index (χ3n) is 7.64. The average Bonchev–Trinajstić information content (AvgIpc) is 3.50. The summed E-state index contributed by atoms with van der Waals surface area (Å²) in [5.41, 5.74) is 5.34. The van der Waals surface area contributed by atoms with Gasteiger partial charge in [0.05, 0.1) is 5.69 Å². The summed E-state index contributed by atoms with van der Waals surface area (Å²) in [6.45, 7) is 4.43. The van der Waals surface area contributed by atoms with Crippen LogP contribution in [0.3, 0.4) is 0 Å². The molecule has 0 fully saturated rings. The summed E-state index contributed by atoms with van der Waals surface area (Å²) in [5, 5.41) is 7.71. The highest BCUT2D eigenvalue weighted by Crippen LogP contribution is 2.37. The summed E-state index contributed by atoms with van der Waals surface area (Å²) in [5.74, 6) is 0. The average molecular weight is 571 g/mol. The first-order chi connectivity index (χ1) is 20.4. The molecule has 0 aliphatic carbocycles. The number of aromatic nitrogens is 3. The predicted molar refractivity (Wildman–Crippen MR) is 165 cm³/mol. The van der Waals surface area contributed by atoms with E-state index in [0.29, 0.717) is 5.69 Å². The van der Waals surface area contributed by atoms with Crippen molar-refractivity contribution in [3.63, 3.8) is 0 Å². The van der Waals surface area contributed by atoms with Crippen LogP contribution in [0.25, 0.3) is 22.2 Å². The third-order valence-corrected chi connectivity index (χ3v) is 7.64. The largest absolute Gasteiger partial charge is 0.432 e. The minimum absolute atomic E-state index is 0.156. The number of hydrogen-bond donors (Lipinski definition) is 1. The highest BCUT2D eigenvalue weighted by molar-refractivity contribution is 5.90. The third kappa shape index (κ3) is 7.01. The van der Waals surface area contributed by atoms with E-state index in [1.807, 2.05) is 6.07 Å². The number of fused-ring (bicyclic) bond motifs is 1. The van der Waals surface area contributed by atoms with Crippen molar-refractivity contribution in [3.8, 4) is 11.4 Å². The SMILES string of the molecule is CCCCCc1ccc(N(c2ccc(CCCCC)cc2)c2ccc3cnc(-c4cc(C(F)(F)F)[nH]n4)cc3c2)cc1. The Morgan fingerprint density at radius 1 is 0.643 bits per heavy atom. The number of aryl methyl sites for hydroxylation is 2. The van der Waals surface area contributed by atoms with Crippen LogP contribution in [-0.2, 0) is 19.0 Å². The Morgan fingerprint density at radius 2 is 1.21 bits per heavy atom. The molecular weight excluding hydrogens is 533 g/mol. The maximum Gasteiger partial charge on any atom is 0.432 e. The van der Waals surface area contributed by atoms with Gasteiger partial charge in [0, 0.05) is 28.6 Å². The summed E-state index contributed by atoms with van der Waals surface area (Å²) in [4.78, 5) is 6.60. The summed E-state index contributed by atoms with van der Waals surface area (Å²) in [6.07, 6.45) is 6.52. The molecule has 218 valence electrons. The maximum absolute atomic E-state index is 13.1. The Morgan fingerprint density at radius 3 is 1.74 bits per heavy atom. The molecule has 0 saturated carbocycles. The topological polar surface area (TPSA) is 44.8 Å². The Kier molecular flexibility index (Phi) is 9.25. The smallest absolute Gasteiger partial charge is 0.310 e. The lowest BCUT2D eigenvalue weighted by atomic mass is 10.0. The van der Waals surface area contributed by atoms with Gasteiger partial charge in [-0.05, 0) is 90.7 Å². The molecule has 0 aliphatic heterocycles. The van der Waals surface area contributed by atoms with Gasteiger partial charge >= 0.3 is 6.18 Å². The fraction of sp³-hybridized carbons (Fsp3) is 0.314. The predicted octanol–water partition coefficient (Wildman–Crippen LogP) is 10.6. The van der Waals surface area contributed by atoms with Crippen LogP contribution in [-0.4, -0.2) is 15.2 Å². The number of halogens is 3. The Balaban J connectivity index is 1.51. The van der Waals surface area contributed by atoms with Crippen LogP contribution in [0.15, 0.2) is 85.1 Å². The van der Waals surface area contributed by atoms with Gasteiger partial charge in [0.1, 0.15) is 11.4 Å². The number of nitrogens with zero attached hydrogens (tertiary/aromatic N) is 3. The van der Waals surface area contributed by atoms with E-state index in [2.05, 4.69) is 94.6 Å². The van der Waals surface area contributed by atoms with Gasteiger partial charge in [-0.1, -0.05) is 69.9 Å². The van der Waals surface area contributed by atoms with Crippen molar-refractivity contribution in [2.45, 2.75) is 71.4 Å². The molecule has 0 atom stereocenters. The van der Waals surface area contributed by atoms with Crippen LogP contribution in [0.5, 0.6) is 0 Å². The van der Waals surface area contributed by atoms with Crippen molar-refractivity contribution in [1.82, 2.24) is 15.2 Å². The lowest BCUT2D eigenvalue weighted by Gasteiger charge is -2.26. The van der Waals surface area contributed by atoms with E-state index in [1.165, 1.54) is 49.7 Å². The molecule has 0 spiro atoms. The van der Waals surface area contributed by atoms with Crippen LogP contribution in [0.2, 0.25) is 0 Å². The molecule has 3 aromatic carbocycles. The molecule has 0 amide bonds. The van der Waals surface area contributed by atoms with Crippen molar-refractivity contribution in [1.29, 1.82) is 0 Å². The Labute approximate surface area is 245 Å². The van der Waals surface area contributed by atoms with E-state index in [0.717, 1.165) is 46.7 Å². The first kappa shape index (κ1) is 29.4. The molecule has 0 saturated heterocycles. The van der Waals surface area contributed by atoms with E-state index in [4.69, 9.17) is 0 Å².